The molecule has 6 heteroatoms. The maximum atomic E-state index is 13.6. The summed E-state index contributed by atoms with van der Waals surface area (Å²) in [6.45, 7) is 0. The molecule has 2 N–H and O–H groups in total. The molecule has 5 nitrogen and oxygen atoms in total. The highest BCUT2D eigenvalue weighted by molar-refractivity contribution is 5.62. The Kier molecular flexibility index (Phi) is 4.07. The summed E-state index contributed by atoms with van der Waals surface area (Å²) in [5.41, 5.74) is 6.78. The first-order valence-corrected chi connectivity index (χ1v) is 7.91. The average Bonchev–Trinajstić information content (AvgIpc) is 3.16. The second kappa shape index (κ2) is 6.68. The van der Waals surface area contributed by atoms with Gasteiger partial charge in [-0.1, -0.05) is 23.4 Å². The summed E-state index contributed by atoms with van der Waals surface area (Å²) in [5.74, 6) is 1.56. The van der Waals surface area contributed by atoms with Gasteiger partial charge in [-0.2, -0.15) is 4.98 Å². The van der Waals surface area contributed by atoms with Crippen LogP contribution in [-0.4, -0.2) is 10.1 Å². The third kappa shape index (κ3) is 3.25. The maximum Gasteiger partial charge on any atom is 0.258 e. The fourth-order valence-corrected chi connectivity index (χ4v) is 2.41. The largest absolute Gasteiger partial charge is 0.457 e. The summed E-state index contributed by atoms with van der Waals surface area (Å²) in [6.07, 6.45) is 0. The monoisotopic (exact) mass is 347 g/mol. The molecule has 0 unspecified atom stereocenters. The van der Waals surface area contributed by atoms with Gasteiger partial charge in [0.05, 0.1) is 5.69 Å². The Hall–Kier alpha value is -3.67. The van der Waals surface area contributed by atoms with E-state index in [1.807, 2.05) is 54.6 Å². The number of aromatic nitrogens is 2. The second-order valence-electron chi connectivity index (χ2n) is 5.60. The molecular formula is C20H14FN3O2. The zero-order chi connectivity index (χ0) is 17.9. The average molecular weight is 347 g/mol. The lowest BCUT2D eigenvalue weighted by Gasteiger charge is -2.05. The molecule has 128 valence electrons. The smallest absolute Gasteiger partial charge is 0.258 e. The SMILES string of the molecule is Nc1ccc(-c2nc(-c3ccc(Oc4ccccc4)cc3)no2)cc1F. The van der Waals surface area contributed by atoms with Crippen molar-refractivity contribution < 1.29 is 13.7 Å². The molecule has 1 aromatic heterocycles. The number of rotatable bonds is 4. The molecule has 4 aromatic rings. The number of hydrogen-bond donors (Lipinski definition) is 1. The van der Waals surface area contributed by atoms with Gasteiger partial charge < -0.3 is 15.0 Å². The number of halogens is 1. The van der Waals surface area contributed by atoms with E-state index in [4.69, 9.17) is 15.0 Å². The Balaban J connectivity index is 1.55. The predicted molar refractivity (Wildman–Crippen MR) is 96.1 cm³/mol. The lowest BCUT2D eigenvalue weighted by atomic mass is 10.2. The number of nitrogen functional groups attached to an aromatic ring is 1. The van der Waals surface area contributed by atoms with Gasteiger partial charge in [-0.15, -0.1) is 0 Å². The van der Waals surface area contributed by atoms with Gasteiger partial charge in [-0.3, -0.25) is 0 Å². The summed E-state index contributed by atoms with van der Waals surface area (Å²) in [6, 6.07) is 21.2. The first-order valence-electron chi connectivity index (χ1n) is 7.91. The van der Waals surface area contributed by atoms with Crippen LogP contribution in [0.2, 0.25) is 0 Å². The van der Waals surface area contributed by atoms with Crippen molar-refractivity contribution in [3.05, 3.63) is 78.6 Å². The molecule has 0 aliphatic rings. The number of nitrogens with zero attached hydrogens (tertiary/aromatic N) is 2. The first-order chi connectivity index (χ1) is 12.7. The first kappa shape index (κ1) is 15.8. The minimum absolute atomic E-state index is 0.0718. The molecule has 0 amide bonds. The van der Waals surface area contributed by atoms with E-state index in [1.54, 1.807) is 6.07 Å². The molecule has 26 heavy (non-hydrogen) atoms. The summed E-state index contributed by atoms with van der Waals surface area (Å²) >= 11 is 0. The van der Waals surface area contributed by atoms with E-state index in [0.717, 1.165) is 11.3 Å². The van der Waals surface area contributed by atoms with Crippen molar-refractivity contribution in [2.45, 2.75) is 0 Å². The molecular weight excluding hydrogens is 333 g/mol. The Morgan fingerprint density at radius 3 is 2.27 bits per heavy atom. The van der Waals surface area contributed by atoms with Crippen LogP contribution >= 0.6 is 0 Å². The van der Waals surface area contributed by atoms with Crippen molar-refractivity contribution in [3.8, 4) is 34.3 Å². The molecule has 0 fully saturated rings. The molecule has 0 radical (unpaired) electrons. The summed E-state index contributed by atoms with van der Waals surface area (Å²) in [7, 11) is 0. The molecule has 0 saturated carbocycles. The van der Waals surface area contributed by atoms with Crippen LogP contribution in [-0.2, 0) is 0 Å². The molecule has 0 spiro atoms. The zero-order valence-electron chi connectivity index (χ0n) is 13.6. The Bertz CT molecular complexity index is 1030. The number of nitrogens with two attached hydrogens (primary N) is 1. The van der Waals surface area contributed by atoms with Crippen molar-refractivity contribution >= 4 is 5.69 Å². The zero-order valence-corrected chi connectivity index (χ0v) is 13.6. The fraction of sp³-hybridized carbons (Fsp3) is 0. The number of hydrogen-bond acceptors (Lipinski definition) is 5. The van der Waals surface area contributed by atoms with Crippen LogP contribution in [0.1, 0.15) is 0 Å². The fourth-order valence-electron chi connectivity index (χ4n) is 2.41. The van der Waals surface area contributed by atoms with Crippen molar-refractivity contribution in [2.24, 2.45) is 0 Å². The van der Waals surface area contributed by atoms with E-state index < -0.39 is 5.82 Å². The lowest BCUT2D eigenvalue weighted by molar-refractivity contribution is 0.432. The van der Waals surface area contributed by atoms with Gasteiger partial charge in [-0.05, 0) is 54.6 Å². The molecule has 1 heterocycles. The molecule has 0 bridgehead atoms. The van der Waals surface area contributed by atoms with Crippen LogP contribution < -0.4 is 10.5 Å². The van der Waals surface area contributed by atoms with Crippen LogP contribution in [0.5, 0.6) is 11.5 Å². The van der Waals surface area contributed by atoms with Crippen LogP contribution in [0.15, 0.2) is 77.3 Å². The Morgan fingerprint density at radius 2 is 1.54 bits per heavy atom. The standard InChI is InChI=1S/C20H14FN3O2/c21-17-12-14(8-11-18(17)22)20-23-19(24-26-20)13-6-9-16(10-7-13)25-15-4-2-1-3-5-15/h1-12H,22H2. The van der Waals surface area contributed by atoms with Crippen LogP contribution in [0.4, 0.5) is 10.1 Å². The van der Waals surface area contributed by atoms with Crippen LogP contribution in [0.25, 0.3) is 22.8 Å². The molecule has 0 saturated heterocycles. The molecule has 3 aromatic carbocycles. The van der Waals surface area contributed by atoms with Gasteiger partial charge in [0.1, 0.15) is 17.3 Å². The van der Waals surface area contributed by atoms with E-state index >= 15 is 0 Å². The van der Waals surface area contributed by atoms with Gasteiger partial charge in [0.15, 0.2) is 0 Å². The number of para-hydroxylation sites is 1. The summed E-state index contributed by atoms with van der Waals surface area (Å²) in [4.78, 5) is 4.31. The van der Waals surface area contributed by atoms with Gasteiger partial charge in [0, 0.05) is 11.1 Å². The second-order valence-corrected chi connectivity index (χ2v) is 5.60. The maximum absolute atomic E-state index is 13.6. The van der Waals surface area contributed by atoms with E-state index in [2.05, 4.69) is 10.1 Å². The Morgan fingerprint density at radius 1 is 0.846 bits per heavy atom. The third-order valence-corrected chi connectivity index (χ3v) is 3.76. The minimum Gasteiger partial charge on any atom is -0.457 e. The van der Waals surface area contributed by atoms with Crippen molar-refractivity contribution in [3.63, 3.8) is 0 Å². The van der Waals surface area contributed by atoms with Gasteiger partial charge >= 0.3 is 0 Å². The molecule has 0 aliphatic heterocycles. The van der Waals surface area contributed by atoms with Gasteiger partial charge in [0.25, 0.3) is 5.89 Å². The van der Waals surface area contributed by atoms with Crippen LogP contribution in [0.3, 0.4) is 0 Å². The van der Waals surface area contributed by atoms with Gasteiger partial charge in [0.2, 0.25) is 5.82 Å². The quantitative estimate of drug-likeness (QED) is 0.531. The normalized spacial score (nSPS) is 10.7. The predicted octanol–water partition coefficient (Wildman–Crippen LogP) is 4.92. The summed E-state index contributed by atoms with van der Waals surface area (Å²) in [5, 5.41) is 3.95. The van der Waals surface area contributed by atoms with Crippen molar-refractivity contribution in [1.29, 1.82) is 0 Å². The van der Waals surface area contributed by atoms with E-state index in [1.165, 1.54) is 12.1 Å². The summed E-state index contributed by atoms with van der Waals surface area (Å²) < 4.78 is 24.6. The van der Waals surface area contributed by atoms with Gasteiger partial charge in [-0.25, -0.2) is 4.39 Å². The molecule has 4 rings (SSSR count). The van der Waals surface area contributed by atoms with Crippen LogP contribution in [0, 0.1) is 5.82 Å². The lowest BCUT2D eigenvalue weighted by Crippen LogP contribution is -1.90. The van der Waals surface area contributed by atoms with Crippen molar-refractivity contribution in [2.75, 3.05) is 5.73 Å². The van der Waals surface area contributed by atoms with E-state index in [-0.39, 0.29) is 11.6 Å². The van der Waals surface area contributed by atoms with Crippen molar-refractivity contribution in [1.82, 2.24) is 10.1 Å². The Labute approximate surface area is 148 Å². The number of anilines is 1. The highest BCUT2D eigenvalue weighted by Gasteiger charge is 2.12. The third-order valence-electron chi connectivity index (χ3n) is 3.76. The van der Waals surface area contributed by atoms with E-state index in [0.29, 0.717) is 17.1 Å². The topological polar surface area (TPSA) is 74.2 Å². The number of benzene rings is 3. The molecule has 0 atom stereocenters. The molecule has 0 aliphatic carbocycles. The highest BCUT2D eigenvalue weighted by atomic mass is 19.1. The number of ether oxygens (including phenoxy) is 1. The minimum atomic E-state index is -0.523. The highest BCUT2D eigenvalue weighted by Crippen LogP contribution is 2.27. The van der Waals surface area contributed by atoms with E-state index in [9.17, 15) is 4.39 Å².